The number of hydrogen-bond acceptors (Lipinski definition) is 5. The fraction of sp³-hybridized carbons (Fsp3) is 0.448. The molecule has 0 spiro atoms. The highest BCUT2D eigenvalue weighted by Gasteiger charge is 2.39. The monoisotopic (exact) mass is 464 g/mol. The lowest BCUT2D eigenvalue weighted by atomic mass is 9.91. The van der Waals surface area contributed by atoms with E-state index in [-0.39, 0.29) is 24.6 Å². The first-order chi connectivity index (χ1) is 16.6. The maximum Gasteiger partial charge on any atom is 0.185 e. The van der Waals surface area contributed by atoms with Gasteiger partial charge in [0.15, 0.2) is 6.29 Å². The van der Waals surface area contributed by atoms with E-state index in [1.807, 2.05) is 60.7 Å². The zero-order valence-electron chi connectivity index (χ0n) is 20.3. The molecular formula is C29H36O5. The van der Waals surface area contributed by atoms with Gasteiger partial charge in [0.05, 0.1) is 44.6 Å². The van der Waals surface area contributed by atoms with Crippen molar-refractivity contribution in [2.75, 3.05) is 13.2 Å². The van der Waals surface area contributed by atoms with Gasteiger partial charge in [0.25, 0.3) is 0 Å². The molecular weight excluding hydrogens is 428 g/mol. The van der Waals surface area contributed by atoms with Crippen molar-refractivity contribution in [2.45, 2.75) is 52.0 Å². The maximum absolute atomic E-state index is 5.99. The molecule has 3 aliphatic rings. The molecule has 0 bridgehead atoms. The molecule has 0 aromatic heterocycles. The molecule has 5 nitrogen and oxygen atoms in total. The Morgan fingerprint density at radius 1 is 0.765 bits per heavy atom. The van der Waals surface area contributed by atoms with Gasteiger partial charge in [0.2, 0.25) is 0 Å². The fourth-order valence-electron chi connectivity index (χ4n) is 4.25. The Labute approximate surface area is 203 Å². The summed E-state index contributed by atoms with van der Waals surface area (Å²) in [5.41, 5.74) is 2.29. The van der Waals surface area contributed by atoms with Crippen LogP contribution in [0.15, 0.2) is 85.3 Å². The van der Waals surface area contributed by atoms with Crippen LogP contribution in [0.5, 0.6) is 0 Å². The number of fused-ring (bicyclic) bond motifs is 1. The molecule has 0 saturated carbocycles. The van der Waals surface area contributed by atoms with E-state index in [1.54, 1.807) is 12.5 Å². The van der Waals surface area contributed by atoms with Crippen molar-refractivity contribution in [3.63, 3.8) is 0 Å². The first-order valence-electron chi connectivity index (χ1n) is 12.2. The van der Waals surface area contributed by atoms with Crippen LogP contribution in [0.1, 0.15) is 38.2 Å². The van der Waals surface area contributed by atoms with Crippen molar-refractivity contribution >= 4 is 0 Å². The lowest BCUT2D eigenvalue weighted by molar-refractivity contribution is -0.0759. The minimum absolute atomic E-state index is 0.00212. The van der Waals surface area contributed by atoms with Gasteiger partial charge in [-0.05, 0) is 29.6 Å². The summed E-state index contributed by atoms with van der Waals surface area (Å²) in [5, 5.41) is 0. The van der Waals surface area contributed by atoms with Crippen molar-refractivity contribution in [1.82, 2.24) is 0 Å². The number of benzene rings is 2. The van der Waals surface area contributed by atoms with Gasteiger partial charge in [-0.1, -0.05) is 81.4 Å². The van der Waals surface area contributed by atoms with E-state index in [9.17, 15) is 0 Å². The van der Waals surface area contributed by atoms with Gasteiger partial charge in [0, 0.05) is 11.5 Å². The summed E-state index contributed by atoms with van der Waals surface area (Å²) in [7, 11) is 0. The molecule has 2 aromatic rings. The normalized spacial score (nSPS) is 32.3. The first-order valence-corrected chi connectivity index (χ1v) is 12.2. The number of hydrogen-bond donors (Lipinski definition) is 0. The molecule has 0 N–H and O–H groups in total. The van der Waals surface area contributed by atoms with Crippen LogP contribution in [-0.2, 0) is 30.3 Å². The van der Waals surface area contributed by atoms with E-state index in [0.717, 1.165) is 12.2 Å². The molecule has 182 valence electrons. The average Bonchev–Trinajstić information content (AvgIpc) is 3.15. The molecule has 5 rings (SSSR count). The van der Waals surface area contributed by atoms with Crippen LogP contribution in [-0.4, -0.2) is 31.5 Å². The Morgan fingerprint density at radius 2 is 1.41 bits per heavy atom. The second kappa shape index (κ2) is 12.2. The molecule has 3 aliphatic heterocycles. The third-order valence-corrected chi connectivity index (χ3v) is 6.67. The Bertz CT molecular complexity index is 903. The lowest BCUT2D eigenvalue weighted by Crippen LogP contribution is -2.28. The molecule has 3 heterocycles. The molecule has 0 aliphatic carbocycles. The molecule has 34 heavy (non-hydrogen) atoms. The molecule has 1 saturated heterocycles. The van der Waals surface area contributed by atoms with Crippen LogP contribution in [0.2, 0.25) is 0 Å². The third-order valence-electron chi connectivity index (χ3n) is 6.67. The summed E-state index contributed by atoms with van der Waals surface area (Å²) in [6, 6.07) is 20.3. The Hall–Kier alpha value is -2.60. The highest BCUT2D eigenvalue weighted by Crippen LogP contribution is 2.36. The fourth-order valence-corrected chi connectivity index (χ4v) is 4.25. The lowest BCUT2D eigenvalue weighted by Gasteiger charge is -2.24. The number of ether oxygens (including phenoxy) is 5. The minimum atomic E-state index is -0.253. The van der Waals surface area contributed by atoms with E-state index in [1.165, 1.54) is 5.56 Å². The topological polar surface area (TPSA) is 46.2 Å². The standard InChI is InChI=1S/C15H20O2.C14H16O3/c1-12-10-16-9-8-15(13(12)2)17-11-14-6-4-3-5-7-14;1-10-9-15-8-7-12-13(10)17-14(16-12)11-5-3-2-4-6-11/h3-9,12-13,15H,10-11H2,1-2H3;2-8,10,12-14H,9H2,1H3/t12-,13-,15-;10-,12?,13-,14?/m11/s1. The molecule has 2 unspecified atom stereocenters. The molecule has 5 heteroatoms. The van der Waals surface area contributed by atoms with Crippen LogP contribution in [0.25, 0.3) is 0 Å². The summed E-state index contributed by atoms with van der Waals surface area (Å²) in [6.07, 6.45) is 7.43. The van der Waals surface area contributed by atoms with Gasteiger partial charge in [-0.3, -0.25) is 0 Å². The average molecular weight is 465 g/mol. The highest BCUT2D eigenvalue weighted by molar-refractivity contribution is 5.17. The van der Waals surface area contributed by atoms with Crippen LogP contribution >= 0.6 is 0 Å². The summed E-state index contributed by atoms with van der Waals surface area (Å²) < 4.78 is 28.6. The van der Waals surface area contributed by atoms with Gasteiger partial charge >= 0.3 is 0 Å². The van der Waals surface area contributed by atoms with Crippen LogP contribution in [0.4, 0.5) is 0 Å². The van der Waals surface area contributed by atoms with Gasteiger partial charge in [-0.25, -0.2) is 0 Å². The van der Waals surface area contributed by atoms with Gasteiger partial charge in [-0.15, -0.1) is 0 Å². The Kier molecular flexibility index (Phi) is 8.80. The van der Waals surface area contributed by atoms with Crippen LogP contribution < -0.4 is 0 Å². The van der Waals surface area contributed by atoms with Crippen LogP contribution in [0, 0.1) is 17.8 Å². The van der Waals surface area contributed by atoms with Crippen molar-refractivity contribution in [3.8, 4) is 0 Å². The van der Waals surface area contributed by atoms with E-state index < -0.39 is 0 Å². The van der Waals surface area contributed by atoms with Gasteiger partial charge in [0.1, 0.15) is 6.10 Å². The smallest absolute Gasteiger partial charge is 0.185 e. The molecule has 2 aromatic carbocycles. The van der Waals surface area contributed by atoms with Gasteiger partial charge in [-0.2, -0.15) is 0 Å². The third kappa shape index (κ3) is 6.50. The highest BCUT2D eigenvalue weighted by atomic mass is 16.7. The zero-order valence-corrected chi connectivity index (χ0v) is 20.3. The maximum atomic E-state index is 5.99. The van der Waals surface area contributed by atoms with Gasteiger partial charge < -0.3 is 23.7 Å². The van der Waals surface area contributed by atoms with Crippen molar-refractivity contribution < 1.29 is 23.7 Å². The SMILES string of the molecule is C[C@@H]1COC=CC2OC(c3ccccc3)O[C@@H]21.C[C@@H]1[C@H](C)COC=C[C@H]1OCc1ccccc1. The molecule has 7 atom stereocenters. The largest absolute Gasteiger partial charge is 0.501 e. The Balaban J connectivity index is 0.000000161. The molecule has 1 fully saturated rings. The van der Waals surface area contributed by atoms with Crippen LogP contribution in [0.3, 0.4) is 0 Å². The van der Waals surface area contributed by atoms with E-state index in [4.69, 9.17) is 23.7 Å². The van der Waals surface area contributed by atoms with E-state index in [2.05, 4.69) is 32.9 Å². The number of rotatable bonds is 4. The van der Waals surface area contributed by atoms with Crippen molar-refractivity contribution in [2.24, 2.45) is 17.8 Å². The van der Waals surface area contributed by atoms with Crippen molar-refractivity contribution in [3.05, 3.63) is 96.5 Å². The summed E-state index contributed by atoms with van der Waals surface area (Å²) in [6.45, 7) is 8.68. The van der Waals surface area contributed by atoms with E-state index >= 15 is 0 Å². The first kappa shape index (κ1) is 24.5. The predicted octanol–water partition coefficient (Wildman–Crippen LogP) is 6.04. The Morgan fingerprint density at radius 3 is 2.15 bits per heavy atom. The summed E-state index contributed by atoms with van der Waals surface area (Å²) in [4.78, 5) is 0. The quantitative estimate of drug-likeness (QED) is 0.552. The zero-order chi connectivity index (χ0) is 23.8. The second-order valence-corrected chi connectivity index (χ2v) is 9.34. The predicted molar refractivity (Wildman–Crippen MR) is 132 cm³/mol. The van der Waals surface area contributed by atoms with Crippen molar-refractivity contribution in [1.29, 1.82) is 0 Å². The molecule has 0 amide bonds. The second-order valence-electron chi connectivity index (χ2n) is 9.34. The molecule has 0 radical (unpaired) electrons. The minimum Gasteiger partial charge on any atom is -0.501 e. The van der Waals surface area contributed by atoms with E-state index in [0.29, 0.717) is 31.0 Å². The summed E-state index contributed by atoms with van der Waals surface area (Å²) in [5.74, 6) is 1.34. The summed E-state index contributed by atoms with van der Waals surface area (Å²) >= 11 is 0.